The van der Waals surface area contributed by atoms with Crippen LogP contribution in [-0.2, 0) is 69.2 Å². The molecule has 1 saturated heterocycles. The van der Waals surface area contributed by atoms with E-state index >= 15 is 0 Å². The van der Waals surface area contributed by atoms with E-state index < -0.39 is 117 Å². The maximum absolute atomic E-state index is 13.3. The average Bonchev–Trinajstić information content (AvgIpc) is 1.58. The molecule has 6 aromatic rings. The summed E-state index contributed by atoms with van der Waals surface area (Å²) in [6.45, 7) is -1.19. The van der Waals surface area contributed by atoms with Gasteiger partial charge in [0.2, 0.25) is 0 Å². The second kappa shape index (κ2) is 38.3. The van der Waals surface area contributed by atoms with E-state index in [0.29, 0.717) is 40.5 Å². The molecule has 13 rings (SSSR count). The van der Waals surface area contributed by atoms with Crippen LogP contribution >= 0.6 is 90.4 Å². The van der Waals surface area contributed by atoms with Crippen molar-refractivity contribution in [2.24, 2.45) is 47.3 Å². The molecule has 1 aliphatic heterocycles. The van der Waals surface area contributed by atoms with Gasteiger partial charge in [0.05, 0.1) is 103 Å². The van der Waals surface area contributed by atoms with Crippen molar-refractivity contribution in [2.75, 3.05) is 49.2 Å². The molecule has 4 N–H and O–H groups in total. The van der Waals surface area contributed by atoms with Gasteiger partial charge < -0.3 is 63.2 Å². The molecule has 4 amide bonds. The van der Waals surface area contributed by atoms with Crippen LogP contribution in [0.4, 0.5) is 0 Å². The first-order valence-corrected chi connectivity index (χ1v) is 45.8. The Kier molecular flexibility index (Phi) is 29.9. The second-order valence-electron chi connectivity index (χ2n) is 27.5. The number of hydrogen-bond donors (Lipinski definition) is 4. The first kappa shape index (κ1) is 87.5. The number of rotatable bonds is 24. The summed E-state index contributed by atoms with van der Waals surface area (Å²) in [5, 5.41) is 9.44. The number of amides is 4. The van der Waals surface area contributed by atoms with Gasteiger partial charge >= 0.3 is 29.8 Å². The highest BCUT2D eigenvalue weighted by Gasteiger charge is 2.64. The summed E-state index contributed by atoms with van der Waals surface area (Å²) in [6.07, 6.45) is 10.4. The minimum atomic E-state index is -4.46. The van der Waals surface area contributed by atoms with Crippen LogP contribution in [-0.4, -0.2) is 161 Å². The average molecular weight is 2070 g/mol. The van der Waals surface area contributed by atoms with Crippen LogP contribution in [0.3, 0.4) is 0 Å². The van der Waals surface area contributed by atoms with Crippen molar-refractivity contribution in [1.82, 2.24) is 21.3 Å². The van der Waals surface area contributed by atoms with Crippen molar-refractivity contribution in [2.45, 2.75) is 82.7 Å². The lowest BCUT2D eigenvalue weighted by Gasteiger charge is -2.23. The number of benzene rings is 6. The fourth-order valence-corrected chi connectivity index (χ4v) is 18.0. The molecule has 5 saturated carbocycles. The lowest BCUT2D eigenvalue weighted by Crippen LogP contribution is -2.35. The number of ether oxygens (including phenoxy) is 5. The summed E-state index contributed by atoms with van der Waals surface area (Å²) in [6, 6.07) is 33.7. The predicted octanol–water partition coefficient (Wildman–Crippen LogP) is 7.91. The molecule has 1 heterocycles. The smallest absolute Gasteiger partial charge is 0.323 e. The zero-order chi connectivity index (χ0) is 81.1. The molecule has 6 fully saturated rings. The monoisotopic (exact) mass is 2070 g/mol. The van der Waals surface area contributed by atoms with Crippen molar-refractivity contribution in [3.05, 3.63) is 169 Å². The van der Waals surface area contributed by atoms with Crippen LogP contribution in [0.25, 0.3) is 11.1 Å². The van der Waals surface area contributed by atoms with E-state index in [4.69, 9.17) is 23.7 Å². The van der Waals surface area contributed by atoms with Crippen LogP contribution < -0.4 is 40.2 Å². The van der Waals surface area contributed by atoms with Gasteiger partial charge in [-0.05, 0) is 248 Å². The Hall–Kier alpha value is -6.89. The summed E-state index contributed by atoms with van der Waals surface area (Å²) in [5.41, 5.74) is 4.28. The molecule has 8 atom stereocenters. The molecule has 7 aliphatic rings. The lowest BCUT2D eigenvalue weighted by atomic mass is 9.80. The maximum atomic E-state index is 13.3. The summed E-state index contributed by atoms with van der Waals surface area (Å²) in [5.74, 6) is -6.72. The molecule has 0 radical (unpaired) electrons. The molecule has 0 aromatic heterocycles. The van der Waals surface area contributed by atoms with E-state index in [9.17, 15) is 95.0 Å². The number of hydrogen-bond acceptors (Lipinski definition) is 26. The third-order valence-electron chi connectivity index (χ3n) is 20.0. The topological polar surface area (TPSA) is 477 Å². The van der Waals surface area contributed by atoms with E-state index in [0.717, 1.165) is 83.6 Å². The van der Waals surface area contributed by atoms with E-state index in [-0.39, 0.29) is 108 Å². The fraction of sp³-hybridized carbons (Fsp3) is 0.392. The highest BCUT2D eigenvalue weighted by molar-refractivity contribution is 14.1. The van der Waals surface area contributed by atoms with Gasteiger partial charge in [0.1, 0.15) is 35.0 Å². The maximum Gasteiger partial charge on any atom is 0.323 e. The molecule has 30 nitrogen and oxygen atoms in total. The Morgan fingerprint density at radius 2 is 0.875 bits per heavy atom. The van der Waals surface area contributed by atoms with Crippen LogP contribution in [0, 0.1) is 61.6 Å². The van der Waals surface area contributed by atoms with E-state index in [1.165, 1.54) is 36.8 Å². The van der Waals surface area contributed by atoms with Gasteiger partial charge in [-0.3, -0.25) is 43.2 Å². The van der Waals surface area contributed by atoms with Crippen LogP contribution in [0.1, 0.15) is 129 Å². The van der Waals surface area contributed by atoms with Crippen molar-refractivity contribution >= 4 is 184 Å². The molecular formula is C74H72I4N4O26S4-4. The zero-order valence-electron chi connectivity index (χ0n) is 59.0. The number of esters is 5. The molecule has 112 heavy (non-hydrogen) atoms. The Labute approximate surface area is 699 Å². The molecule has 6 aromatic carbocycles. The largest absolute Gasteiger partial charge is 0.748 e. The summed E-state index contributed by atoms with van der Waals surface area (Å²) >= 11 is 8.05. The highest BCUT2D eigenvalue weighted by atomic mass is 127. The number of carbonyl (C=O) groups is 9. The SMILES string of the molecule is O=C(NCCS(=O)(=O)[O-])c1ccc(I)c(OC(=O)C2C3CC4OC(=O)C2C4C3)c1.O=C(NCCS(=O)(=O)[O-])c1ccc(I)c(OC(=O)C2CC3CCC2C3)c1.O=C(NCCS(=O)(=O)[O-])c1ccc(I)c(OC(=O)C2CCCCC2)c1.O=C(NCCS(=O)(=O)[O-])c1ccc(I)cc1OC(=O)C1c2ccccc2-c2ccccc21. The van der Waals surface area contributed by atoms with E-state index in [1.54, 1.807) is 42.5 Å². The van der Waals surface area contributed by atoms with Crippen molar-refractivity contribution in [3.8, 4) is 34.1 Å². The quantitative estimate of drug-likeness (QED) is 0.0193. The Balaban J connectivity index is 0.000000159. The molecule has 4 bridgehead atoms. The van der Waals surface area contributed by atoms with E-state index in [1.807, 2.05) is 139 Å². The van der Waals surface area contributed by atoms with Gasteiger partial charge in [0, 0.05) is 52.4 Å². The van der Waals surface area contributed by atoms with Crippen molar-refractivity contribution in [3.63, 3.8) is 0 Å². The van der Waals surface area contributed by atoms with Gasteiger partial charge in [-0.15, -0.1) is 0 Å². The van der Waals surface area contributed by atoms with Gasteiger partial charge in [-0.2, -0.15) is 0 Å². The standard InChI is InChI=1S/C23H18INO6S.C18H18INO8S.C17H20INO6S.C16H20INO6S/c24-14-9-10-19(22(26)25-11-12-32(28,29)30)20(13-14)31-23(27)21-17-7-3-1-5-15(17)16-6-2-4-8-18(16)21;19-11-2-1-8(16(21)20-3-4-29(24,25)26)6-13(11)28-17(22)14-9-5-10-12(7-9)27-18(23)15(10)14;18-14-4-3-12(16(20)19-5-6-26(22,23)24)9-15(14)25-17(21)13-8-10-1-2-11(13)7-10;17-13-7-6-12(15(19)18-8-9-25(21,22)23)10-14(13)24-16(20)11-4-2-1-3-5-11/h1-10,13,21H,11-12H2,(H,25,26)(H,28,29,30);1-2,6,9-10,12,14-15H,3-5,7H2,(H,20,21)(H,24,25,26);3-4,9-11,13H,1-2,5-8H2,(H,19,20)(H,22,23,24);6-7,10-11H,1-5,8-9H2,(H,18,19)(H,21,22,23)/p-4. The number of halogens is 4. The summed E-state index contributed by atoms with van der Waals surface area (Å²) in [4.78, 5) is 112. The van der Waals surface area contributed by atoms with Crippen LogP contribution in [0.5, 0.6) is 23.0 Å². The first-order chi connectivity index (χ1) is 52.9. The number of carbonyl (C=O) groups excluding carboxylic acids is 9. The normalized spacial score (nSPS) is 20.4. The Morgan fingerprint density at radius 3 is 1.32 bits per heavy atom. The first-order valence-electron chi connectivity index (χ1n) is 35.2. The van der Waals surface area contributed by atoms with Crippen molar-refractivity contribution < 1.29 is 119 Å². The van der Waals surface area contributed by atoms with Gasteiger partial charge in [-0.1, -0.05) is 74.2 Å². The molecule has 8 unspecified atom stereocenters. The number of fused-ring (bicyclic) bond motifs is 6. The minimum absolute atomic E-state index is 0.0613. The van der Waals surface area contributed by atoms with Gasteiger partial charge in [0.25, 0.3) is 23.6 Å². The second-order valence-corrected chi connectivity index (χ2v) is 38.3. The van der Waals surface area contributed by atoms with Crippen LogP contribution in [0.2, 0.25) is 0 Å². The molecule has 0 spiro atoms. The highest BCUT2D eigenvalue weighted by Crippen LogP contribution is 2.58. The molecular weight excluding hydrogens is 2000 g/mol. The van der Waals surface area contributed by atoms with Gasteiger partial charge in [-0.25, -0.2) is 33.7 Å². The van der Waals surface area contributed by atoms with Gasteiger partial charge in [0.15, 0.2) is 0 Å². The number of nitrogens with one attached hydrogen (secondary N) is 4. The summed E-state index contributed by atoms with van der Waals surface area (Å²) in [7, 11) is -17.6. The Bertz CT molecular complexity index is 5080. The minimum Gasteiger partial charge on any atom is -0.748 e. The third kappa shape index (κ3) is 23.9. The molecule has 6 aliphatic carbocycles. The summed E-state index contributed by atoms with van der Waals surface area (Å²) < 4.78 is 158. The Morgan fingerprint density at radius 1 is 0.438 bits per heavy atom. The molecule has 38 heteroatoms. The predicted molar refractivity (Wildman–Crippen MR) is 429 cm³/mol. The molecule has 600 valence electrons. The van der Waals surface area contributed by atoms with E-state index in [2.05, 4.69) is 21.3 Å². The zero-order valence-corrected chi connectivity index (χ0v) is 70.9. The van der Waals surface area contributed by atoms with Crippen LogP contribution in [0.15, 0.2) is 121 Å². The van der Waals surface area contributed by atoms with Crippen molar-refractivity contribution in [1.29, 1.82) is 0 Å². The lowest BCUT2D eigenvalue weighted by molar-refractivity contribution is -0.149. The third-order valence-corrected chi connectivity index (χ3v) is 26.1. The fourth-order valence-electron chi connectivity index (χ4n) is 14.8.